The predicted molar refractivity (Wildman–Crippen MR) is 328 cm³/mol. The minimum Gasteiger partial charge on any atom is -0.477 e. The van der Waals surface area contributed by atoms with Gasteiger partial charge in [-0.05, 0) is 64.2 Å². The van der Waals surface area contributed by atoms with Gasteiger partial charge < -0.3 is 28.5 Å². The molecule has 0 aromatic heterocycles. The molecule has 9 heteroatoms. The first-order valence-corrected chi connectivity index (χ1v) is 33.5. The van der Waals surface area contributed by atoms with Gasteiger partial charge in [0.25, 0.3) is 6.29 Å². The number of hydrogen-bond donors (Lipinski definition) is 1. The molecule has 9 nitrogen and oxygen atoms in total. The van der Waals surface area contributed by atoms with E-state index in [1.807, 2.05) is 21.1 Å². The molecule has 0 aliphatic rings. The lowest BCUT2D eigenvalue weighted by atomic mass is 10.0. The number of esters is 2. The largest absolute Gasteiger partial charge is 0.477 e. The van der Waals surface area contributed by atoms with Crippen LogP contribution < -0.4 is 0 Å². The number of carbonyl (C=O) groups is 3. The van der Waals surface area contributed by atoms with Gasteiger partial charge in [-0.15, -0.1) is 0 Å². The van der Waals surface area contributed by atoms with E-state index in [0.29, 0.717) is 17.4 Å². The predicted octanol–water partition coefficient (Wildman–Crippen LogP) is 20.2. The summed E-state index contributed by atoms with van der Waals surface area (Å²) in [6.07, 6.45) is 70.1. The minimum atomic E-state index is -1.51. The van der Waals surface area contributed by atoms with Gasteiger partial charge in [0.05, 0.1) is 34.4 Å². The van der Waals surface area contributed by atoms with Crippen molar-refractivity contribution in [1.82, 2.24) is 0 Å². The first kappa shape index (κ1) is 74.8. The maximum Gasteiger partial charge on any atom is 0.361 e. The number of likely N-dealkylation sites (N-methyl/N-ethyl adjacent to an activating group) is 1. The van der Waals surface area contributed by atoms with Crippen molar-refractivity contribution in [3.05, 3.63) is 24.3 Å². The van der Waals surface area contributed by atoms with E-state index in [9.17, 15) is 19.5 Å². The van der Waals surface area contributed by atoms with E-state index in [-0.39, 0.29) is 38.2 Å². The van der Waals surface area contributed by atoms with Crippen molar-refractivity contribution in [3.63, 3.8) is 0 Å². The summed E-state index contributed by atoms with van der Waals surface area (Å²) in [5, 5.41) is 9.72. The Morgan fingerprint density at radius 2 is 0.662 bits per heavy atom. The Kier molecular flexibility index (Phi) is 58.1. The second kappa shape index (κ2) is 59.9. The normalized spacial score (nSPS) is 12.8. The van der Waals surface area contributed by atoms with Crippen LogP contribution in [0.2, 0.25) is 0 Å². The van der Waals surface area contributed by atoms with Crippen LogP contribution in [0.3, 0.4) is 0 Å². The SMILES string of the molecule is CCCCCCCC/C=C\CCCCCCCCCC(=O)OCC(COC(OCC[N+](C)(C)C)C(=O)O)OC(=O)CCCCCCCCCCCCCCCCCCCCCCCCC/C=C\CCCCCCCCCC. The van der Waals surface area contributed by atoms with E-state index in [1.165, 1.54) is 270 Å². The Bertz CT molecular complexity index is 1310. The number of ether oxygens (including phenoxy) is 4. The molecule has 0 saturated heterocycles. The van der Waals surface area contributed by atoms with Crippen LogP contribution in [0, 0.1) is 0 Å². The molecule has 0 aliphatic carbocycles. The Hall–Kier alpha value is -2.23. The van der Waals surface area contributed by atoms with Crippen LogP contribution >= 0.6 is 0 Å². The second-order valence-electron chi connectivity index (χ2n) is 24.1. The van der Waals surface area contributed by atoms with Crippen LogP contribution in [0.15, 0.2) is 24.3 Å². The fourth-order valence-electron chi connectivity index (χ4n) is 10.0. The van der Waals surface area contributed by atoms with Crippen molar-refractivity contribution < 1.29 is 42.9 Å². The van der Waals surface area contributed by atoms with Crippen molar-refractivity contribution in [3.8, 4) is 0 Å². The van der Waals surface area contributed by atoms with Gasteiger partial charge in [-0.3, -0.25) is 9.59 Å². The number of aliphatic carboxylic acids is 1. The van der Waals surface area contributed by atoms with Crippen LogP contribution in [0.1, 0.15) is 335 Å². The van der Waals surface area contributed by atoms with Crippen molar-refractivity contribution in [2.24, 2.45) is 0 Å². The monoisotopic (exact) mass is 1090 g/mol. The Morgan fingerprint density at radius 3 is 0.961 bits per heavy atom. The highest BCUT2D eigenvalue weighted by Crippen LogP contribution is 2.18. The first-order valence-electron chi connectivity index (χ1n) is 33.5. The highest BCUT2D eigenvalue weighted by molar-refractivity contribution is 5.71. The summed E-state index contributed by atoms with van der Waals surface area (Å²) < 4.78 is 22.9. The van der Waals surface area contributed by atoms with Gasteiger partial charge in [0.2, 0.25) is 0 Å². The number of carboxylic acids is 1. The van der Waals surface area contributed by atoms with Crippen LogP contribution in [0.25, 0.3) is 0 Å². The number of unbranched alkanes of at least 4 members (excludes halogenated alkanes) is 44. The molecule has 0 amide bonds. The van der Waals surface area contributed by atoms with Crippen LogP contribution in [0.5, 0.6) is 0 Å². The summed E-state index contributed by atoms with van der Waals surface area (Å²) >= 11 is 0. The molecule has 0 aliphatic heterocycles. The molecule has 2 unspecified atom stereocenters. The number of hydrogen-bond acceptors (Lipinski definition) is 7. The fourth-order valence-corrected chi connectivity index (χ4v) is 10.0. The molecule has 0 fully saturated rings. The lowest BCUT2D eigenvalue weighted by Crippen LogP contribution is -2.40. The molecular weight excluding hydrogens is 959 g/mol. The number of allylic oxidation sites excluding steroid dienone is 4. The first-order chi connectivity index (χ1) is 37.6. The fraction of sp³-hybridized carbons (Fsp3) is 0.897. The van der Waals surface area contributed by atoms with Gasteiger partial charge >= 0.3 is 17.9 Å². The van der Waals surface area contributed by atoms with E-state index in [2.05, 4.69) is 38.2 Å². The molecule has 0 heterocycles. The lowest BCUT2D eigenvalue weighted by molar-refractivity contribution is -0.870. The molecule has 0 aromatic carbocycles. The molecule has 77 heavy (non-hydrogen) atoms. The summed E-state index contributed by atoms with van der Waals surface area (Å²) in [5.74, 6) is -1.99. The van der Waals surface area contributed by atoms with Gasteiger partial charge in [-0.25, -0.2) is 4.79 Å². The average Bonchev–Trinajstić information content (AvgIpc) is 3.40. The molecular formula is C68H130NO8+. The van der Waals surface area contributed by atoms with E-state index in [1.54, 1.807) is 0 Å². The molecule has 0 saturated carbocycles. The molecule has 0 rings (SSSR count). The number of carboxylic acid groups (broad SMARTS) is 1. The van der Waals surface area contributed by atoms with Gasteiger partial charge in [0.1, 0.15) is 13.2 Å². The van der Waals surface area contributed by atoms with E-state index in [4.69, 9.17) is 18.9 Å². The van der Waals surface area contributed by atoms with Gasteiger partial charge in [0, 0.05) is 12.8 Å². The maximum atomic E-state index is 12.9. The highest BCUT2D eigenvalue weighted by atomic mass is 16.7. The zero-order valence-electron chi connectivity index (χ0n) is 51.9. The molecule has 0 radical (unpaired) electrons. The zero-order valence-corrected chi connectivity index (χ0v) is 51.9. The number of carbonyl (C=O) groups excluding carboxylic acids is 2. The molecule has 0 spiro atoms. The maximum absolute atomic E-state index is 12.9. The van der Waals surface area contributed by atoms with Crippen molar-refractivity contribution in [2.45, 2.75) is 347 Å². The van der Waals surface area contributed by atoms with Gasteiger partial charge in [-0.2, -0.15) is 0 Å². The van der Waals surface area contributed by atoms with Crippen LogP contribution in [-0.4, -0.2) is 87.4 Å². The zero-order chi connectivity index (χ0) is 56.2. The molecule has 1 N–H and O–H groups in total. The molecule has 2 atom stereocenters. The third-order valence-electron chi connectivity index (χ3n) is 15.2. The summed E-state index contributed by atoms with van der Waals surface area (Å²) in [6.45, 7) is 4.92. The third kappa shape index (κ3) is 61.2. The number of nitrogens with zero attached hydrogens (tertiary/aromatic N) is 1. The topological polar surface area (TPSA) is 108 Å². The summed E-state index contributed by atoms with van der Waals surface area (Å²) in [6, 6.07) is 0. The minimum absolute atomic E-state index is 0.179. The standard InChI is InChI=1S/C68H129NO8/c1-6-8-10-12-14-16-18-20-22-24-25-26-27-28-29-30-31-32-33-34-35-36-37-38-39-40-41-43-45-47-49-51-53-55-57-59-66(71)77-64(63-76-68(67(72)73)74-61-60-69(3,4)5)62-75-65(70)58-56-54-52-50-48-46-44-42-23-21-19-17-15-13-11-9-7-2/h21,23-25,64,68H,6-20,22,26-63H2,1-5H3/p+1/b23-21-,25-24-. The third-order valence-corrected chi connectivity index (χ3v) is 15.2. The summed E-state index contributed by atoms with van der Waals surface area (Å²) in [4.78, 5) is 37.5. The van der Waals surface area contributed by atoms with Crippen LogP contribution in [-0.2, 0) is 33.3 Å². The molecule has 0 aromatic rings. The van der Waals surface area contributed by atoms with Gasteiger partial charge in [-0.1, -0.05) is 282 Å². The second-order valence-corrected chi connectivity index (χ2v) is 24.1. The lowest BCUT2D eigenvalue weighted by Gasteiger charge is -2.25. The van der Waals surface area contributed by atoms with Crippen molar-refractivity contribution in [2.75, 3.05) is 47.5 Å². The van der Waals surface area contributed by atoms with Crippen LogP contribution in [0.4, 0.5) is 0 Å². The number of quaternary nitrogens is 1. The molecule has 454 valence electrons. The summed E-state index contributed by atoms with van der Waals surface area (Å²) in [5.41, 5.74) is 0. The van der Waals surface area contributed by atoms with Crippen molar-refractivity contribution in [1.29, 1.82) is 0 Å². The Morgan fingerprint density at radius 1 is 0.377 bits per heavy atom. The highest BCUT2D eigenvalue weighted by Gasteiger charge is 2.25. The summed E-state index contributed by atoms with van der Waals surface area (Å²) in [7, 11) is 5.98. The Balaban J connectivity index is 4.01. The van der Waals surface area contributed by atoms with Crippen molar-refractivity contribution >= 4 is 17.9 Å². The Labute approximate surface area is 478 Å². The smallest absolute Gasteiger partial charge is 0.361 e. The van der Waals surface area contributed by atoms with E-state index in [0.717, 1.165) is 38.5 Å². The number of rotatable bonds is 63. The quantitative estimate of drug-likeness (QED) is 0.0211. The molecule has 0 bridgehead atoms. The van der Waals surface area contributed by atoms with E-state index >= 15 is 0 Å². The average molecular weight is 1090 g/mol. The van der Waals surface area contributed by atoms with Gasteiger partial charge in [0.15, 0.2) is 6.10 Å². The van der Waals surface area contributed by atoms with E-state index < -0.39 is 18.4 Å².